The number of rotatable bonds is 4. The molecule has 1 nitrogen and oxygen atoms in total. The molecule has 1 aliphatic rings. The first-order valence-corrected chi connectivity index (χ1v) is 19.7. The van der Waals surface area contributed by atoms with Crippen LogP contribution in [0.4, 0.5) is 0 Å². The Hall–Kier alpha value is -6.96. The predicted octanol–water partition coefficient (Wildman–Crippen LogP) is 15.0. The Morgan fingerprint density at radius 1 is 0.375 bits per heavy atom. The fraction of sp³-hybridized carbons (Fsp3) is 0.0545. The van der Waals surface area contributed by atoms with Crippen LogP contribution in [0, 0.1) is 0 Å². The summed E-state index contributed by atoms with van der Waals surface area (Å²) in [7, 11) is 0. The van der Waals surface area contributed by atoms with Gasteiger partial charge in [0.1, 0.15) is 0 Å². The number of aromatic nitrogens is 1. The maximum atomic E-state index is 2.59. The second-order valence-electron chi connectivity index (χ2n) is 16.0. The van der Waals surface area contributed by atoms with Crippen molar-refractivity contribution in [3.8, 4) is 50.3 Å². The van der Waals surface area contributed by atoms with Crippen LogP contribution in [0.3, 0.4) is 0 Å². The average molecular weight is 712 g/mol. The van der Waals surface area contributed by atoms with Crippen LogP contribution in [0.1, 0.15) is 25.0 Å². The maximum absolute atomic E-state index is 2.59. The van der Waals surface area contributed by atoms with Crippen LogP contribution in [0.25, 0.3) is 104 Å². The van der Waals surface area contributed by atoms with Crippen LogP contribution in [0.2, 0.25) is 0 Å². The van der Waals surface area contributed by atoms with Crippen molar-refractivity contribution < 1.29 is 0 Å². The molecule has 10 aromatic carbocycles. The van der Waals surface area contributed by atoms with Crippen LogP contribution in [0.5, 0.6) is 0 Å². The van der Waals surface area contributed by atoms with Crippen molar-refractivity contribution in [2.24, 2.45) is 0 Å². The molecule has 0 radical (unpaired) electrons. The molecule has 262 valence electrons. The van der Waals surface area contributed by atoms with E-state index in [0.29, 0.717) is 0 Å². The Morgan fingerprint density at radius 3 is 1.79 bits per heavy atom. The molecule has 0 N–H and O–H groups in total. The van der Waals surface area contributed by atoms with Crippen molar-refractivity contribution in [1.29, 1.82) is 0 Å². The van der Waals surface area contributed by atoms with Gasteiger partial charge in [-0.15, -0.1) is 0 Å². The van der Waals surface area contributed by atoms with Gasteiger partial charge in [-0.2, -0.15) is 0 Å². The molecule has 12 rings (SSSR count). The van der Waals surface area contributed by atoms with Gasteiger partial charge in [-0.25, -0.2) is 0 Å². The van der Waals surface area contributed by atoms with E-state index in [2.05, 4.69) is 206 Å². The zero-order valence-corrected chi connectivity index (χ0v) is 31.3. The van der Waals surface area contributed by atoms with Crippen molar-refractivity contribution >= 4 is 54.0 Å². The first-order chi connectivity index (χ1) is 27.6. The minimum Gasteiger partial charge on any atom is -0.307 e. The molecule has 0 atom stereocenters. The van der Waals surface area contributed by atoms with Gasteiger partial charge in [-0.1, -0.05) is 190 Å². The zero-order valence-electron chi connectivity index (χ0n) is 31.3. The summed E-state index contributed by atoms with van der Waals surface area (Å²) >= 11 is 0. The third-order valence-corrected chi connectivity index (χ3v) is 12.7. The first-order valence-electron chi connectivity index (χ1n) is 19.7. The highest BCUT2D eigenvalue weighted by molar-refractivity contribution is 6.26. The Balaban J connectivity index is 1.21. The van der Waals surface area contributed by atoms with E-state index in [1.165, 1.54) is 115 Å². The highest BCUT2D eigenvalue weighted by atomic mass is 15.0. The van der Waals surface area contributed by atoms with E-state index in [1.807, 2.05) is 0 Å². The fourth-order valence-electron chi connectivity index (χ4n) is 10.2. The van der Waals surface area contributed by atoms with Crippen LogP contribution < -0.4 is 0 Å². The van der Waals surface area contributed by atoms with Crippen LogP contribution >= 0.6 is 0 Å². The van der Waals surface area contributed by atoms with Gasteiger partial charge in [0.25, 0.3) is 0 Å². The summed E-state index contributed by atoms with van der Waals surface area (Å²) in [6, 6.07) is 70.2. The summed E-state index contributed by atoms with van der Waals surface area (Å²) in [4.78, 5) is 0. The van der Waals surface area contributed by atoms with Gasteiger partial charge in [0.2, 0.25) is 0 Å². The normalized spacial score (nSPS) is 13.3. The molecular weight excluding hydrogens is 675 g/mol. The lowest BCUT2D eigenvalue weighted by molar-refractivity contribution is 0.660. The zero-order chi connectivity index (χ0) is 37.1. The molecule has 1 aliphatic carbocycles. The molecule has 56 heavy (non-hydrogen) atoms. The first kappa shape index (κ1) is 31.4. The Bertz CT molecular complexity index is 3350. The lowest BCUT2D eigenvalue weighted by Crippen LogP contribution is -2.14. The van der Waals surface area contributed by atoms with Crippen LogP contribution in [0.15, 0.2) is 188 Å². The van der Waals surface area contributed by atoms with Gasteiger partial charge >= 0.3 is 0 Å². The average Bonchev–Trinajstić information content (AvgIpc) is 3.72. The maximum Gasteiger partial charge on any atom is 0.0620 e. The molecule has 0 aliphatic heterocycles. The SMILES string of the molecule is CC1(C)c2ccccc2-c2ccc(-c3cccc4c3ccc3c(-c5ccccc5)c(-c5ccccc5)n(-c5ccc6ccc7cccc8ccc5c6c78)c34)cc21. The van der Waals surface area contributed by atoms with Crippen molar-refractivity contribution in [2.75, 3.05) is 0 Å². The summed E-state index contributed by atoms with van der Waals surface area (Å²) in [5.41, 5.74) is 15.2. The summed E-state index contributed by atoms with van der Waals surface area (Å²) in [6.45, 7) is 4.74. The fourth-order valence-corrected chi connectivity index (χ4v) is 10.2. The van der Waals surface area contributed by atoms with Crippen molar-refractivity contribution in [1.82, 2.24) is 4.57 Å². The summed E-state index contributed by atoms with van der Waals surface area (Å²) < 4.78 is 2.59. The van der Waals surface area contributed by atoms with Crippen molar-refractivity contribution in [3.05, 3.63) is 199 Å². The second-order valence-corrected chi connectivity index (χ2v) is 16.0. The highest BCUT2D eigenvalue weighted by Crippen LogP contribution is 2.51. The van der Waals surface area contributed by atoms with E-state index < -0.39 is 0 Å². The van der Waals surface area contributed by atoms with Crippen molar-refractivity contribution in [3.63, 3.8) is 0 Å². The standard InChI is InChI=1S/C55H37N/c1-55(2)47-22-10-9-19-42(47)43-28-26-39(33-48(43)55)40-20-12-21-44-41(40)30-31-46-52(34-13-5-3-6-14-34)53(38-15-7-4-8-16-38)56(54(44)46)49-32-27-37-24-23-35-17-11-18-36-25-29-45(49)51(37)50(35)36/h3-33H,1-2H3. The number of fused-ring (bicyclic) bond motifs is 6. The Labute approximate surface area is 326 Å². The van der Waals surface area contributed by atoms with Crippen LogP contribution in [-0.2, 0) is 5.41 Å². The predicted molar refractivity (Wildman–Crippen MR) is 238 cm³/mol. The molecule has 11 aromatic rings. The molecule has 0 saturated heterocycles. The summed E-state index contributed by atoms with van der Waals surface area (Å²) in [5, 5.41) is 11.5. The minimum atomic E-state index is -0.0708. The van der Waals surface area contributed by atoms with Gasteiger partial charge in [0.05, 0.1) is 16.9 Å². The van der Waals surface area contributed by atoms with Crippen LogP contribution in [-0.4, -0.2) is 4.57 Å². The lowest BCUT2D eigenvalue weighted by atomic mass is 9.81. The smallest absolute Gasteiger partial charge is 0.0620 e. The molecule has 0 bridgehead atoms. The molecule has 0 spiro atoms. The summed E-state index contributed by atoms with van der Waals surface area (Å²) in [6.07, 6.45) is 0. The highest BCUT2D eigenvalue weighted by Gasteiger charge is 2.35. The van der Waals surface area contributed by atoms with E-state index >= 15 is 0 Å². The number of nitrogens with zero attached hydrogens (tertiary/aromatic N) is 1. The second kappa shape index (κ2) is 11.5. The number of hydrogen-bond acceptors (Lipinski definition) is 0. The van der Waals surface area contributed by atoms with Gasteiger partial charge in [-0.3, -0.25) is 0 Å². The summed E-state index contributed by atoms with van der Waals surface area (Å²) in [5.74, 6) is 0. The molecule has 0 amide bonds. The third-order valence-electron chi connectivity index (χ3n) is 12.7. The monoisotopic (exact) mass is 711 g/mol. The van der Waals surface area contributed by atoms with E-state index in [4.69, 9.17) is 0 Å². The van der Waals surface area contributed by atoms with Gasteiger partial charge in [0.15, 0.2) is 0 Å². The van der Waals surface area contributed by atoms with Crippen molar-refractivity contribution in [2.45, 2.75) is 19.3 Å². The quantitative estimate of drug-likeness (QED) is 0.160. The molecule has 1 heterocycles. The molecule has 0 saturated carbocycles. The third kappa shape index (κ3) is 4.26. The van der Waals surface area contributed by atoms with Gasteiger partial charge < -0.3 is 4.57 Å². The molecule has 1 aromatic heterocycles. The molecular formula is C55H37N. The largest absolute Gasteiger partial charge is 0.307 e. The van der Waals surface area contributed by atoms with E-state index in [1.54, 1.807) is 0 Å². The lowest BCUT2D eigenvalue weighted by Gasteiger charge is -2.22. The molecule has 0 unspecified atom stereocenters. The molecule has 1 heteroatoms. The number of benzene rings is 10. The van der Waals surface area contributed by atoms with E-state index in [9.17, 15) is 0 Å². The topological polar surface area (TPSA) is 4.93 Å². The van der Waals surface area contributed by atoms with E-state index in [-0.39, 0.29) is 5.41 Å². The Morgan fingerprint density at radius 2 is 0.982 bits per heavy atom. The molecule has 0 fully saturated rings. The van der Waals surface area contributed by atoms with E-state index in [0.717, 1.165) is 0 Å². The number of hydrogen-bond donors (Lipinski definition) is 0. The van der Waals surface area contributed by atoms with Gasteiger partial charge in [-0.05, 0) is 89.0 Å². The minimum absolute atomic E-state index is 0.0708. The Kier molecular flexibility index (Phi) is 6.46. The van der Waals surface area contributed by atoms with Gasteiger partial charge in [0, 0.05) is 27.1 Å².